The predicted molar refractivity (Wildman–Crippen MR) is 107 cm³/mol. The minimum absolute atomic E-state index is 0.00799. The van der Waals surface area contributed by atoms with Gasteiger partial charge >= 0.3 is 0 Å². The van der Waals surface area contributed by atoms with Crippen molar-refractivity contribution in [2.45, 2.75) is 13.0 Å². The Morgan fingerprint density at radius 1 is 1.15 bits per heavy atom. The number of fused-ring (bicyclic) bond motifs is 1. The molecule has 0 saturated carbocycles. The number of carbonyl (C=O) groups excluding carboxylic acids is 1. The number of carbonyl (C=O) groups is 1. The summed E-state index contributed by atoms with van der Waals surface area (Å²) >= 11 is 5.88. The smallest absolute Gasteiger partial charge is 0.292 e. The largest absolute Gasteiger partial charge is 0.319 e. The molecule has 1 amide bonds. The lowest BCUT2D eigenvalue weighted by molar-refractivity contribution is -0.383. The Morgan fingerprint density at radius 2 is 1.89 bits per heavy atom. The highest BCUT2D eigenvalue weighted by Gasteiger charge is 2.17. The molecule has 27 heavy (non-hydrogen) atoms. The van der Waals surface area contributed by atoms with Crippen LogP contribution in [0.4, 0.5) is 11.4 Å². The van der Waals surface area contributed by atoms with Gasteiger partial charge in [-0.25, -0.2) is 0 Å². The molecule has 0 aromatic heterocycles. The zero-order valence-electron chi connectivity index (χ0n) is 14.6. The van der Waals surface area contributed by atoms with Crippen LogP contribution in [0.3, 0.4) is 0 Å². The molecule has 2 N–H and O–H groups in total. The SMILES string of the molecule is C[C@H](NCC(=O)Nc1cc(Cl)ccc1[N+](=O)[O-])c1cccc2ccccc12. The van der Waals surface area contributed by atoms with Gasteiger partial charge in [-0.2, -0.15) is 0 Å². The van der Waals surface area contributed by atoms with E-state index in [1.54, 1.807) is 0 Å². The molecule has 0 aliphatic carbocycles. The first-order chi connectivity index (χ1) is 13.0. The Balaban J connectivity index is 1.69. The number of halogens is 1. The molecule has 0 fully saturated rings. The Kier molecular flexibility index (Phi) is 5.69. The van der Waals surface area contributed by atoms with Crippen LogP contribution in [0.5, 0.6) is 0 Å². The van der Waals surface area contributed by atoms with Crippen molar-refractivity contribution in [1.82, 2.24) is 5.32 Å². The molecule has 7 heteroatoms. The quantitative estimate of drug-likeness (QED) is 0.477. The standard InChI is InChI=1S/C20H18ClN3O3/c1-13(16-8-4-6-14-5-2-3-7-17(14)16)22-12-20(25)23-18-11-15(21)9-10-19(18)24(26)27/h2-11,13,22H,12H2,1H3,(H,23,25)/t13-/m0/s1. The lowest BCUT2D eigenvalue weighted by atomic mass is 10.00. The van der Waals surface area contributed by atoms with Crippen molar-refractivity contribution in [3.8, 4) is 0 Å². The molecule has 3 aromatic rings. The number of nitrogens with one attached hydrogen (secondary N) is 2. The maximum atomic E-state index is 12.3. The van der Waals surface area contributed by atoms with Gasteiger partial charge in [0.1, 0.15) is 5.69 Å². The molecule has 0 bridgehead atoms. The van der Waals surface area contributed by atoms with Crippen LogP contribution < -0.4 is 10.6 Å². The molecular formula is C20H18ClN3O3. The maximum Gasteiger partial charge on any atom is 0.292 e. The highest BCUT2D eigenvalue weighted by atomic mass is 35.5. The van der Waals surface area contributed by atoms with Crippen LogP contribution in [0, 0.1) is 10.1 Å². The molecule has 1 atom stereocenters. The van der Waals surface area contributed by atoms with E-state index in [4.69, 9.17) is 11.6 Å². The third-order valence-electron chi connectivity index (χ3n) is 4.29. The fourth-order valence-corrected chi connectivity index (χ4v) is 3.12. The van der Waals surface area contributed by atoms with Crippen LogP contribution in [-0.2, 0) is 4.79 Å². The van der Waals surface area contributed by atoms with Gasteiger partial charge in [-0.1, -0.05) is 54.1 Å². The van der Waals surface area contributed by atoms with Gasteiger partial charge in [0.05, 0.1) is 11.5 Å². The number of benzene rings is 3. The second-order valence-corrected chi connectivity index (χ2v) is 6.57. The van der Waals surface area contributed by atoms with Gasteiger partial charge in [0.2, 0.25) is 5.91 Å². The Labute approximate surface area is 161 Å². The third kappa shape index (κ3) is 4.42. The minimum Gasteiger partial charge on any atom is -0.319 e. The van der Waals surface area contributed by atoms with Gasteiger partial charge in [-0.3, -0.25) is 14.9 Å². The van der Waals surface area contributed by atoms with E-state index in [9.17, 15) is 14.9 Å². The van der Waals surface area contributed by atoms with E-state index >= 15 is 0 Å². The van der Waals surface area contributed by atoms with E-state index in [2.05, 4.69) is 10.6 Å². The van der Waals surface area contributed by atoms with E-state index < -0.39 is 4.92 Å². The van der Waals surface area contributed by atoms with Crippen molar-refractivity contribution in [2.75, 3.05) is 11.9 Å². The Morgan fingerprint density at radius 3 is 2.67 bits per heavy atom. The number of nitro groups is 1. The lowest BCUT2D eigenvalue weighted by Gasteiger charge is -2.16. The van der Waals surface area contributed by atoms with Gasteiger partial charge in [-0.15, -0.1) is 0 Å². The van der Waals surface area contributed by atoms with Crippen LogP contribution in [0.25, 0.3) is 10.8 Å². The molecule has 0 aliphatic heterocycles. The second-order valence-electron chi connectivity index (χ2n) is 6.14. The molecular weight excluding hydrogens is 366 g/mol. The number of hydrogen-bond donors (Lipinski definition) is 2. The Bertz CT molecular complexity index is 1000. The number of anilines is 1. The van der Waals surface area contributed by atoms with Gasteiger partial charge in [-0.05, 0) is 35.4 Å². The molecule has 3 aromatic carbocycles. The highest BCUT2D eigenvalue weighted by molar-refractivity contribution is 6.31. The first-order valence-corrected chi connectivity index (χ1v) is 8.78. The average molecular weight is 384 g/mol. The van der Waals surface area contributed by atoms with Crippen LogP contribution >= 0.6 is 11.6 Å². The fourth-order valence-electron chi connectivity index (χ4n) is 2.95. The summed E-state index contributed by atoms with van der Waals surface area (Å²) in [6.07, 6.45) is 0. The molecule has 0 aliphatic rings. The average Bonchev–Trinajstić information content (AvgIpc) is 2.65. The predicted octanol–water partition coefficient (Wildman–Crippen LogP) is 4.69. The summed E-state index contributed by atoms with van der Waals surface area (Å²) in [6, 6.07) is 18.0. The van der Waals surface area contributed by atoms with Crippen molar-refractivity contribution in [2.24, 2.45) is 0 Å². The van der Waals surface area contributed by atoms with Crippen molar-refractivity contribution in [1.29, 1.82) is 0 Å². The molecule has 6 nitrogen and oxygen atoms in total. The third-order valence-corrected chi connectivity index (χ3v) is 4.52. The molecule has 138 valence electrons. The van der Waals surface area contributed by atoms with Crippen LogP contribution in [-0.4, -0.2) is 17.4 Å². The fraction of sp³-hybridized carbons (Fsp3) is 0.150. The van der Waals surface area contributed by atoms with Gasteiger partial charge in [0, 0.05) is 17.1 Å². The van der Waals surface area contributed by atoms with E-state index in [0.29, 0.717) is 5.02 Å². The monoisotopic (exact) mass is 383 g/mol. The number of nitrogens with zero attached hydrogens (tertiary/aromatic N) is 1. The highest BCUT2D eigenvalue weighted by Crippen LogP contribution is 2.28. The Hall–Kier alpha value is -2.96. The summed E-state index contributed by atoms with van der Waals surface area (Å²) in [6.45, 7) is 1.98. The molecule has 0 spiro atoms. The maximum absolute atomic E-state index is 12.3. The second kappa shape index (κ2) is 8.16. The summed E-state index contributed by atoms with van der Waals surface area (Å²) in [5.74, 6) is -0.382. The number of rotatable bonds is 6. The zero-order valence-corrected chi connectivity index (χ0v) is 15.4. The van der Waals surface area contributed by atoms with E-state index in [1.165, 1.54) is 18.2 Å². The summed E-state index contributed by atoms with van der Waals surface area (Å²) < 4.78 is 0. The van der Waals surface area contributed by atoms with Crippen molar-refractivity contribution in [3.63, 3.8) is 0 Å². The van der Waals surface area contributed by atoms with Crippen molar-refractivity contribution < 1.29 is 9.72 Å². The van der Waals surface area contributed by atoms with Crippen LogP contribution in [0.1, 0.15) is 18.5 Å². The number of hydrogen-bond acceptors (Lipinski definition) is 4. The van der Waals surface area contributed by atoms with Crippen LogP contribution in [0.2, 0.25) is 5.02 Å². The first-order valence-electron chi connectivity index (χ1n) is 8.40. The zero-order chi connectivity index (χ0) is 19.4. The summed E-state index contributed by atoms with van der Waals surface area (Å²) in [5.41, 5.74) is 0.960. The van der Waals surface area contributed by atoms with Crippen molar-refractivity contribution in [3.05, 3.63) is 81.4 Å². The summed E-state index contributed by atoms with van der Waals surface area (Å²) in [5, 5.41) is 19.4. The van der Waals surface area contributed by atoms with Gasteiger partial charge in [0.25, 0.3) is 5.69 Å². The van der Waals surface area contributed by atoms with E-state index in [1.807, 2.05) is 49.4 Å². The minimum atomic E-state index is -0.557. The molecule has 3 rings (SSSR count). The molecule has 0 radical (unpaired) electrons. The number of amides is 1. The van der Waals surface area contributed by atoms with Crippen molar-refractivity contribution >= 4 is 39.7 Å². The lowest BCUT2D eigenvalue weighted by Crippen LogP contribution is -2.30. The normalized spacial score (nSPS) is 11.9. The first kappa shape index (κ1) is 18.8. The molecule has 0 heterocycles. The van der Waals surface area contributed by atoms with Crippen LogP contribution in [0.15, 0.2) is 60.7 Å². The summed E-state index contributed by atoms with van der Waals surface area (Å²) in [7, 11) is 0. The number of nitro benzene ring substituents is 1. The van der Waals surface area contributed by atoms with Gasteiger partial charge in [0.15, 0.2) is 0 Å². The molecule has 0 saturated heterocycles. The van der Waals surface area contributed by atoms with E-state index in [0.717, 1.165) is 16.3 Å². The van der Waals surface area contributed by atoms with E-state index in [-0.39, 0.29) is 29.9 Å². The topological polar surface area (TPSA) is 84.3 Å². The molecule has 0 unspecified atom stereocenters. The van der Waals surface area contributed by atoms with Gasteiger partial charge < -0.3 is 10.6 Å². The summed E-state index contributed by atoms with van der Waals surface area (Å²) in [4.78, 5) is 22.8.